The lowest BCUT2D eigenvalue weighted by molar-refractivity contribution is 0.414. The van der Waals surface area contributed by atoms with Crippen molar-refractivity contribution in [2.75, 3.05) is 19.0 Å². The van der Waals surface area contributed by atoms with Crippen LogP contribution in [0.15, 0.2) is 18.2 Å². The van der Waals surface area contributed by atoms with E-state index in [2.05, 4.69) is 5.32 Å². The van der Waals surface area contributed by atoms with E-state index in [0.29, 0.717) is 18.0 Å². The van der Waals surface area contributed by atoms with Crippen molar-refractivity contribution in [2.45, 2.75) is 19.4 Å². The Hall–Kier alpha value is -1.29. The number of rotatable bonds is 5. The Labute approximate surface area is 89.4 Å². The maximum absolute atomic E-state index is 13.4. The molecule has 1 atom stereocenters. The molecule has 15 heavy (non-hydrogen) atoms. The molecule has 0 saturated heterocycles. The van der Waals surface area contributed by atoms with Gasteiger partial charge < -0.3 is 15.8 Å². The molecule has 0 heterocycles. The summed E-state index contributed by atoms with van der Waals surface area (Å²) in [5.41, 5.74) is 5.97. The molecular formula is C11H17FN2O. The molecule has 84 valence electrons. The second-order valence-electron chi connectivity index (χ2n) is 3.33. The zero-order chi connectivity index (χ0) is 11.3. The molecular weight excluding hydrogens is 195 g/mol. The number of hydrogen-bond acceptors (Lipinski definition) is 3. The largest absolute Gasteiger partial charge is 0.497 e. The molecule has 0 radical (unpaired) electrons. The van der Waals surface area contributed by atoms with Crippen molar-refractivity contribution in [1.29, 1.82) is 0 Å². The summed E-state index contributed by atoms with van der Waals surface area (Å²) in [5, 5.41) is 3.04. The summed E-state index contributed by atoms with van der Waals surface area (Å²) in [6, 6.07) is 4.69. The molecule has 3 N–H and O–H groups in total. The molecule has 3 nitrogen and oxygen atoms in total. The predicted octanol–water partition coefficient (Wildman–Crippen LogP) is 1.98. The molecule has 0 aliphatic heterocycles. The summed E-state index contributed by atoms with van der Waals surface area (Å²) in [6.45, 7) is 2.48. The molecule has 0 aliphatic rings. The van der Waals surface area contributed by atoms with Crippen molar-refractivity contribution in [3.8, 4) is 5.75 Å². The predicted molar refractivity (Wildman–Crippen MR) is 59.7 cm³/mol. The highest BCUT2D eigenvalue weighted by Crippen LogP contribution is 2.21. The van der Waals surface area contributed by atoms with Gasteiger partial charge in [0.1, 0.15) is 11.6 Å². The van der Waals surface area contributed by atoms with Crippen LogP contribution in [0.3, 0.4) is 0 Å². The van der Waals surface area contributed by atoms with Crippen LogP contribution in [0.5, 0.6) is 5.75 Å². The highest BCUT2D eigenvalue weighted by Gasteiger charge is 2.08. The summed E-state index contributed by atoms with van der Waals surface area (Å²) < 4.78 is 18.4. The number of benzene rings is 1. The summed E-state index contributed by atoms with van der Waals surface area (Å²) in [7, 11) is 1.55. The standard InChI is InChI=1S/C11H17FN2O/c1-3-8(7-13)14-11-6-9(15-2)4-5-10(11)12/h4-6,8,14H,3,7,13H2,1-2H3. The van der Waals surface area contributed by atoms with E-state index in [1.165, 1.54) is 6.07 Å². The van der Waals surface area contributed by atoms with Gasteiger partial charge in [-0.15, -0.1) is 0 Å². The third-order valence-electron chi connectivity index (χ3n) is 2.31. The van der Waals surface area contributed by atoms with Crippen LogP contribution in [0.25, 0.3) is 0 Å². The summed E-state index contributed by atoms with van der Waals surface area (Å²) in [4.78, 5) is 0. The summed E-state index contributed by atoms with van der Waals surface area (Å²) in [6.07, 6.45) is 0.854. The molecule has 0 aromatic heterocycles. The molecule has 1 unspecified atom stereocenters. The smallest absolute Gasteiger partial charge is 0.146 e. The molecule has 0 amide bonds. The van der Waals surface area contributed by atoms with Crippen LogP contribution >= 0.6 is 0 Å². The van der Waals surface area contributed by atoms with E-state index in [9.17, 15) is 4.39 Å². The Morgan fingerprint density at radius 2 is 2.27 bits per heavy atom. The third-order valence-corrected chi connectivity index (χ3v) is 2.31. The van der Waals surface area contributed by atoms with Gasteiger partial charge in [0.25, 0.3) is 0 Å². The Kier molecular flexibility index (Phi) is 4.37. The van der Waals surface area contributed by atoms with Crippen LogP contribution < -0.4 is 15.8 Å². The second-order valence-corrected chi connectivity index (χ2v) is 3.33. The number of anilines is 1. The van der Waals surface area contributed by atoms with Gasteiger partial charge in [-0.2, -0.15) is 0 Å². The Morgan fingerprint density at radius 1 is 1.53 bits per heavy atom. The minimum atomic E-state index is -0.289. The van der Waals surface area contributed by atoms with E-state index >= 15 is 0 Å². The van der Waals surface area contributed by atoms with Gasteiger partial charge in [0.05, 0.1) is 12.8 Å². The number of halogens is 1. The molecule has 4 heteroatoms. The lowest BCUT2D eigenvalue weighted by atomic mass is 10.2. The van der Waals surface area contributed by atoms with Crippen molar-refractivity contribution < 1.29 is 9.13 Å². The first-order valence-electron chi connectivity index (χ1n) is 5.01. The number of ether oxygens (including phenoxy) is 1. The zero-order valence-electron chi connectivity index (χ0n) is 9.09. The van der Waals surface area contributed by atoms with Gasteiger partial charge in [0, 0.05) is 18.7 Å². The summed E-state index contributed by atoms with van der Waals surface area (Å²) >= 11 is 0. The second kappa shape index (κ2) is 5.56. The minimum absolute atomic E-state index is 0.0895. The fraction of sp³-hybridized carbons (Fsp3) is 0.455. The van der Waals surface area contributed by atoms with E-state index in [1.807, 2.05) is 6.92 Å². The van der Waals surface area contributed by atoms with Gasteiger partial charge in [0.15, 0.2) is 0 Å². The van der Waals surface area contributed by atoms with E-state index in [0.717, 1.165) is 6.42 Å². The van der Waals surface area contributed by atoms with Crippen molar-refractivity contribution in [3.63, 3.8) is 0 Å². The molecule has 0 bridgehead atoms. The highest BCUT2D eigenvalue weighted by molar-refractivity contribution is 5.50. The number of hydrogen-bond donors (Lipinski definition) is 2. The Balaban J connectivity index is 2.82. The number of nitrogens with one attached hydrogen (secondary N) is 1. The van der Waals surface area contributed by atoms with Gasteiger partial charge >= 0.3 is 0 Å². The summed E-state index contributed by atoms with van der Waals surface area (Å²) in [5.74, 6) is 0.341. The minimum Gasteiger partial charge on any atom is -0.497 e. The Morgan fingerprint density at radius 3 is 2.80 bits per heavy atom. The Bertz CT molecular complexity index is 313. The van der Waals surface area contributed by atoms with Crippen LogP contribution in [0.1, 0.15) is 13.3 Å². The van der Waals surface area contributed by atoms with E-state index < -0.39 is 0 Å². The third kappa shape index (κ3) is 3.09. The zero-order valence-corrected chi connectivity index (χ0v) is 9.09. The highest BCUT2D eigenvalue weighted by atomic mass is 19.1. The molecule has 1 aromatic rings. The van der Waals surface area contributed by atoms with E-state index in [4.69, 9.17) is 10.5 Å². The topological polar surface area (TPSA) is 47.3 Å². The van der Waals surface area contributed by atoms with Crippen molar-refractivity contribution in [3.05, 3.63) is 24.0 Å². The van der Waals surface area contributed by atoms with Crippen LogP contribution in [0, 0.1) is 5.82 Å². The fourth-order valence-corrected chi connectivity index (χ4v) is 1.29. The number of methoxy groups -OCH3 is 1. The molecule has 0 aliphatic carbocycles. The first-order chi connectivity index (χ1) is 7.21. The average molecular weight is 212 g/mol. The molecule has 0 fully saturated rings. The van der Waals surface area contributed by atoms with Gasteiger partial charge in [-0.1, -0.05) is 6.92 Å². The average Bonchev–Trinajstić information content (AvgIpc) is 2.28. The maximum Gasteiger partial charge on any atom is 0.146 e. The van der Waals surface area contributed by atoms with Gasteiger partial charge in [-0.25, -0.2) is 4.39 Å². The van der Waals surface area contributed by atoms with E-state index in [1.54, 1.807) is 19.2 Å². The lowest BCUT2D eigenvalue weighted by Gasteiger charge is -2.17. The normalized spacial score (nSPS) is 12.3. The monoisotopic (exact) mass is 212 g/mol. The molecule has 1 rings (SSSR count). The molecule has 0 saturated carbocycles. The fourth-order valence-electron chi connectivity index (χ4n) is 1.29. The van der Waals surface area contributed by atoms with Crippen molar-refractivity contribution >= 4 is 5.69 Å². The van der Waals surface area contributed by atoms with Gasteiger partial charge in [-0.3, -0.25) is 0 Å². The van der Waals surface area contributed by atoms with Gasteiger partial charge in [-0.05, 0) is 18.6 Å². The first-order valence-corrected chi connectivity index (χ1v) is 5.01. The van der Waals surface area contributed by atoms with Gasteiger partial charge in [0.2, 0.25) is 0 Å². The maximum atomic E-state index is 13.4. The quantitative estimate of drug-likeness (QED) is 0.784. The molecule has 0 spiro atoms. The van der Waals surface area contributed by atoms with Crippen LogP contribution in [0.4, 0.5) is 10.1 Å². The van der Waals surface area contributed by atoms with Crippen LogP contribution in [-0.4, -0.2) is 19.7 Å². The van der Waals surface area contributed by atoms with E-state index in [-0.39, 0.29) is 11.9 Å². The SMILES string of the molecule is CCC(CN)Nc1cc(OC)ccc1F. The van der Waals surface area contributed by atoms with Crippen molar-refractivity contribution in [1.82, 2.24) is 0 Å². The van der Waals surface area contributed by atoms with Crippen LogP contribution in [0.2, 0.25) is 0 Å². The first kappa shape index (κ1) is 11.8. The van der Waals surface area contributed by atoms with Crippen molar-refractivity contribution in [2.24, 2.45) is 5.73 Å². The lowest BCUT2D eigenvalue weighted by Crippen LogP contribution is -2.28. The molecule has 1 aromatic carbocycles. The van der Waals surface area contributed by atoms with Crippen LogP contribution in [-0.2, 0) is 0 Å². The number of nitrogens with two attached hydrogens (primary N) is 1.